The lowest BCUT2D eigenvalue weighted by atomic mass is 10.0. The minimum absolute atomic E-state index is 0.126. The lowest BCUT2D eigenvalue weighted by Gasteiger charge is -2.29. The third kappa shape index (κ3) is 4.20. The zero-order valence-electron chi connectivity index (χ0n) is 9.95. The van der Waals surface area contributed by atoms with Crippen molar-refractivity contribution in [2.45, 2.75) is 38.5 Å². The standard InChI is InChI=1S/C10H21ClN2O2S/c1-3-10(11)8-12-16(14,15)13-6-4-9(2)5-7-13/h9-10,12H,3-8H2,1-2H3. The summed E-state index contributed by atoms with van der Waals surface area (Å²) < 4.78 is 27.8. The third-order valence-electron chi connectivity index (χ3n) is 3.01. The highest BCUT2D eigenvalue weighted by Gasteiger charge is 2.26. The van der Waals surface area contributed by atoms with Gasteiger partial charge in [-0.15, -0.1) is 11.6 Å². The fourth-order valence-corrected chi connectivity index (χ4v) is 3.11. The summed E-state index contributed by atoms with van der Waals surface area (Å²) in [5.74, 6) is 0.628. The first kappa shape index (κ1) is 14.2. The summed E-state index contributed by atoms with van der Waals surface area (Å²) in [6.45, 7) is 5.65. The molecule has 1 heterocycles. The Balaban J connectivity index is 2.44. The van der Waals surface area contributed by atoms with Crippen molar-refractivity contribution >= 4 is 21.8 Å². The van der Waals surface area contributed by atoms with Gasteiger partial charge in [0.2, 0.25) is 0 Å². The van der Waals surface area contributed by atoms with E-state index in [-0.39, 0.29) is 5.38 Å². The van der Waals surface area contributed by atoms with Crippen LogP contribution in [0.15, 0.2) is 0 Å². The van der Waals surface area contributed by atoms with Gasteiger partial charge < -0.3 is 0 Å². The van der Waals surface area contributed by atoms with Crippen LogP contribution in [-0.4, -0.2) is 37.7 Å². The van der Waals surface area contributed by atoms with Crippen LogP contribution in [0, 0.1) is 5.92 Å². The van der Waals surface area contributed by atoms with Crippen LogP contribution in [0.4, 0.5) is 0 Å². The number of piperidine rings is 1. The molecule has 0 aliphatic carbocycles. The molecule has 0 amide bonds. The van der Waals surface area contributed by atoms with Crippen LogP contribution in [-0.2, 0) is 10.2 Å². The molecule has 1 aliphatic rings. The Morgan fingerprint density at radius 3 is 2.50 bits per heavy atom. The van der Waals surface area contributed by atoms with E-state index in [2.05, 4.69) is 11.6 Å². The maximum atomic E-state index is 11.9. The lowest BCUT2D eigenvalue weighted by Crippen LogP contribution is -2.46. The summed E-state index contributed by atoms with van der Waals surface area (Å²) in [5, 5.41) is -0.126. The van der Waals surface area contributed by atoms with Gasteiger partial charge in [-0.1, -0.05) is 13.8 Å². The second-order valence-corrected chi connectivity index (χ2v) is 6.81. The molecule has 4 nitrogen and oxygen atoms in total. The Bertz CT molecular complexity index is 300. The van der Waals surface area contributed by atoms with E-state index < -0.39 is 10.2 Å². The van der Waals surface area contributed by atoms with Crippen LogP contribution in [0.1, 0.15) is 33.1 Å². The lowest BCUT2D eigenvalue weighted by molar-refractivity contribution is 0.285. The summed E-state index contributed by atoms with van der Waals surface area (Å²) in [5.41, 5.74) is 0. The van der Waals surface area contributed by atoms with Crippen molar-refractivity contribution in [2.24, 2.45) is 5.92 Å². The van der Waals surface area contributed by atoms with Gasteiger partial charge in [0.25, 0.3) is 10.2 Å². The predicted molar refractivity (Wildman–Crippen MR) is 66.8 cm³/mol. The van der Waals surface area contributed by atoms with Crippen molar-refractivity contribution in [1.82, 2.24) is 9.03 Å². The Hall–Kier alpha value is 0.160. The van der Waals surface area contributed by atoms with Gasteiger partial charge in [-0.3, -0.25) is 0 Å². The summed E-state index contributed by atoms with van der Waals surface area (Å²) in [7, 11) is -3.31. The average molecular weight is 269 g/mol. The smallest absolute Gasteiger partial charge is 0.201 e. The van der Waals surface area contributed by atoms with Crippen LogP contribution >= 0.6 is 11.6 Å². The molecule has 0 spiro atoms. The Morgan fingerprint density at radius 2 is 2.00 bits per heavy atom. The topological polar surface area (TPSA) is 49.4 Å². The average Bonchev–Trinajstić information content (AvgIpc) is 2.26. The molecule has 0 aromatic rings. The SMILES string of the molecule is CCC(Cl)CNS(=O)(=O)N1CCC(C)CC1. The molecular weight excluding hydrogens is 248 g/mol. The first-order valence-electron chi connectivity index (χ1n) is 5.84. The summed E-state index contributed by atoms with van der Waals surface area (Å²) in [6.07, 6.45) is 2.65. The first-order valence-corrected chi connectivity index (χ1v) is 7.72. The minimum Gasteiger partial charge on any atom is -0.201 e. The molecule has 1 aliphatic heterocycles. The summed E-state index contributed by atoms with van der Waals surface area (Å²) >= 11 is 5.89. The molecule has 1 saturated heterocycles. The highest BCUT2D eigenvalue weighted by atomic mass is 35.5. The zero-order chi connectivity index (χ0) is 12.2. The number of rotatable bonds is 5. The number of halogens is 1. The molecule has 1 fully saturated rings. The van der Waals surface area contributed by atoms with Crippen molar-refractivity contribution in [3.05, 3.63) is 0 Å². The summed E-state index contributed by atoms with van der Waals surface area (Å²) in [4.78, 5) is 0. The molecule has 16 heavy (non-hydrogen) atoms. The van der Waals surface area contributed by atoms with Crippen LogP contribution < -0.4 is 4.72 Å². The van der Waals surface area contributed by atoms with Crippen LogP contribution in [0.2, 0.25) is 0 Å². The van der Waals surface area contributed by atoms with E-state index in [1.165, 1.54) is 4.31 Å². The predicted octanol–water partition coefficient (Wildman–Crippen LogP) is 1.57. The molecule has 0 aromatic heterocycles. The van der Waals surface area contributed by atoms with Crippen LogP contribution in [0.3, 0.4) is 0 Å². The summed E-state index contributed by atoms with van der Waals surface area (Å²) in [6, 6.07) is 0. The number of hydrogen-bond acceptors (Lipinski definition) is 2. The van der Waals surface area contributed by atoms with Crippen molar-refractivity contribution in [2.75, 3.05) is 19.6 Å². The monoisotopic (exact) mass is 268 g/mol. The second kappa shape index (κ2) is 6.19. The fourth-order valence-electron chi connectivity index (χ4n) is 1.66. The number of alkyl halides is 1. The van der Waals surface area contributed by atoms with Gasteiger partial charge in [0.05, 0.1) is 0 Å². The molecule has 1 N–H and O–H groups in total. The number of nitrogens with zero attached hydrogens (tertiary/aromatic N) is 1. The molecule has 1 atom stereocenters. The number of nitrogens with one attached hydrogen (secondary N) is 1. The van der Waals surface area contributed by atoms with Gasteiger partial charge in [0.1, 0.15) is 0 Å². The van der Waals surface area contributed by atoms with Gasteiger partial charge in [-0.2, -0.15) is 12.7 Å². The van der Waals surface area contributed by atoms with E-state index in [0.717, 1.165) is 19.3 Å². The molecule has 96 valence electrons. The molecule has 6 heteroatoms. The van der Waals surface area contributed by atoms with Gasteiger partial charge in [-0.25, -0.2) is 4.72 Å². The molecule has 1 rings (SSSR count). The second-order valence-electron chi connectivity index (χ2n) is 4.44. The largest absolute Gasteiger partial charge is 0.279 e. The van der Waals surface area contributed by atoms with E-state index in [9.17, 15) is 8.42 Å². The van der Waals surface area contributed by atoms with Crippen molar-refractivity contribution in [1.29, 1.82) is 0 Å². The Kier molecular flexibility index (Phi) is 5.50. The Morgan fingerprint density at radius 1 is 1.44 bits per heavy atom. The van der Waals surface area contributed by atoms with Gasteiger partial charge in [0, 0.05) is 25.0 Å². The molecular formula is C10H21ClN2O2S. The molecule has 1 unspecified atom stereocenters. The molecule has 0 bridgehead atoms. The fraction of sp³-hybridized carbons (Fsp3) is 1.00. The molecule has 0 radical (unpaired) electrons. The van der Waals surface area contributed by atoms with Crippen molar-refractivity contribution in [3.8, 4) is 0 Å². The van der Waals surface area contributed by atoms with Crippen LogP contribution in [0.5, 0.6) is 0 Å². The molecule has 0 aromatic carbocycles. The highest BCUT2D eigenvalue weighted by Crippen LogP contribution is 2.17. The maximum absolute atomic E-state index is 11.9. The van der Waals surface area contributed by atoms with E-state index in [4.69, 9.17) is 11.6 Å². The highest BCUT2D eigenvalue weighted by molar-refractivity contribution is 7.87. The first-order chi connectivity index (χ1) is 7.45. The van der Waals surface area contributed by atoms with E-state index in [1.54, 1.807) is 0 Å². The van der Waals surface area contributed by atoms with Gasteiger partial charge in [-0.05, 0) is 25.2 Å². The van der Waals surface area contributed by atoms with Crippen LogP contribution in [0.25, 0.3) is 0 Å². The maximum Gasteiger partial charge on any atom is 0.279 e. The van der Waals surface area contributed by atoms with E-state index in [0.29, 0.717) is 25.6 Å². The van der Waals surface area contributed by atoms with Crippen molar-refractivity contribution < 1.29 is 8.42 Å². The minimum atomic E-state index is -3.31. The zero-order valence-corrected chi connectivity index (χ0v) is 11.5. The Labute approximate surface area is 104 Å². The molecule has 0 saturated carbocycles. The van der Waals surface area contributed by atoms with E-state index >= 15 is 0 Å². The third-order valence-corrected chi connectivity index (χ3v) is 5.05. The quantitative estimate of drug-likeness (QED) is 0.770. The van der Waals surface area contributed by atoms with E-state index in [1.807, 2.05) is 6.92 Å². The number of hydrogen-bond donors (Lipinski definition) is 1. The van der Waals surface area contributed by atoms with Gasteiger partial charge in [0.15, 0.2) is 0 Å². The van der Waals surface area contributed by atoms with Crippen molar-refractivity contribution in [3.63, 3.8) is 0 Å². The normalized spacial score (nSPS) is 22.2. The van der Waals surface area contributed by atoms with Gasteiger partial charge >= 0.3 is 0 Å².